The third-order valence-corrected chi connectivity index (χ3v) is 5.39. The van der Waals surface area contributed by atoms with Gasteiger partial charge in [-0.1, -0.05) is 24.6 Å². The number of hydrogen-bond donors (Lipinski definition) is 1. The smallest absolute Gasteiger partial charge is 0.189 e. The average Bonchev–Trinajstić information content (AvgIpc) is 2.95. The third kappa shape index (κ3) is 2.82. The molecule has 4 nitrogen and oxygen atoms in total. The highest BCUT2D eigenvalue weighted by Gasteiger charge is 2.31. The molecule has 22 heavy (non-hydrogen) atoms. The molecule has 0 aromatic heterocycles. The van der Waals surface area contributed by atoms with Gasteiger partial charge in [-0.25, -0.2) is 4.39 Å². The van der Waals surface area contributed by atoms with E-state index in [9.17, 15) is 4.39 Å². The molecule has 118 valence electrons. The number of rotatable bonds is 2. The van der Waals surface area contributed by atoms with Crippen molar-refractivity contribution in [3.63, 3.8) is 0 Å². The number of fused-ring (bicyclic) bond motifs is 2. The van der Waals surface area contributed by atoms with Crippen LogP contribution in [-0.4, -0.2) is 24.0 Å². The molecule has 4 rings (SSSR count). The van der Waals surface area contributed by atoms with Gasteiger partial charge >= 0.3 is 0 Å². The topological polar surface area (TPSA) is 42.9 Å². The fourth-order valence-corrected chi connectivity index (χ4v) is 4.32. The van der Waals surface area contributed by atoms with Crippen molar-refractivity contribution in [2.24, 2.45) is 4.99 Å². The zero-order chi connectivity index (χ0) is 14.9. The van der Waals surface area contributed by atoms with Gasteiger partial charge in [0.1, 0.15) is 11.6 Å². The predicted molar refractivity (Wildman–Crippen MR) is 84.6 cm³/mol. The molecule has 1 aromatic rings. The number of nitrogens with zero attached hydrogens (tertiary/aromatic N) is 1. The van der Waals surface area contributed by atoms with Crippen molar-refractivity contribution in [2.75, 3.05) is 6.79 Å². The van der Waals surface area contributed by atoms with E-state index in [1.54, 1.807) is 17.8 Å². The maximum absolute atomic E-state index is 13.7. The van der Waals surface area contributed by atoms with Crippen LogP contribution >= 0.6 is 11.8 Å². The van der Waals surface area contributed by atoms with Crippen molar-refractivity contribution < 1.29 is 13.9 Å². The molecule has 2 heterocycles. The fourth-order valence-electron chi connectivity index (χ4n) is 3.37. The Kier molecular flexibility index (Phi) is 3.96. The SMILES string of the molecule is Fc1cc2c(c(CSC3=N[C@H]4CCCC[C@@H]4N3)c1)OCOC2. The van der Waals surface area contributed by atoms with Crippen LogP contribution in [0.15, 0.2) is 17.1 Å². The Morgan fingerprint density at radius 2 is 2.23 bits per heavy atom. The average molecular weight is 322 g/mol. The van der Waals surface area contributed by atoms with Gasteiger partial charge in [0.15, 0.2) is 12.0 Å². The highest BCUT2D eigenvalue weighted by Crippen LogP contribution is 2.33. The van der Waals surface area contributed by atoms with E-state index in [2.05, 4.69) is 5.32 Å². The summed E-state index contributed by atoms with van der Waals surface area (Å²) in [7, 11) is 0. The lowest BCUT2D eigenvalue weighted by atomic mass is 9.92. The molecular formula is C16H19FN2O2S. The molecule has 0 spiro atoms. The van der Waals surface area contributed by atoms with Crippen molar-refractivity contribution in [3.05, 3.63) is 29.1 Å². The van der Waals surface area contributed by atoms with Gasteiger partial charge in [0.25, 0.3) is 0 Å². The molecular weight excluding hydrogens is 303 g/mol. The Morgan fingerprint density at radius 1 is 1.32 bits per heavy atom. The minimum Gasteiger partial charge on any atom is -0.467 e. The number of amidine groups is 1. The molecule has 0 radical (unpaired) electrons. The maximum Gasteiger partial charge on any atom is 0.189 e. The molecule has 1 fully saturated rings. The van der Waals surface area contributed by atoms with Crippen LogP contribution in [0, 0.1) is 5.82 Å². The molecule has 1 aliphatic carbocycles. The number of halogens is 1. The summed E-state index contributed by atoms with van der Waals surface area (Å²) in [5.74, 6) is 1.19. The van der Waals surface area contributed by atoms with Crippen LogP contribution in [-0.2, 0) is 17.1 Å². The number of nitrogens with one attached hydrogen (secondary N) is 1. The zero-order valence-corrected chi connectivity index (χ0v) is 13.1. The van der Waals surface area contributed by atoms with E-state index in [-0.39, 0.29) is 12.6 Å². The molecule has 0 unspecified atom stereocenters. The molecule has 6 heteroatoms. The van der Waals surface area contributed by atoms with E-state index in [1.165, 1.54) is 31.7 Å². The summed E-state index contributed by atoms with van der Waals surface area (Å²) in [4.78, 5) is 4.77. The Balaban J connectivity index is 1.47. The standard InChI is InChI=1S/C16H19FN2O2S/c17-12-5-10-7-20-9-21-15(10)11(6-12)8-22-16-18-13-3-1-2-4-14(13)19-16/h5-6,13-14H,1-4,7-9H2,(H,18,19)/t13-,14-/m0/s1. The van der Waals surface area contributed by atoms with E-state index in [0.29, 0.717) is 24.4 Å². The molecule has 0 amide bonds. The lowest BCUT2D eigenvalue weighted by Crippen LogP contribution is -2.36. The van der Waals surface area contributed by atoms with Crippen LogP contribution in [0.1, 0.15) is 36.8 Å². The second-order valence-corrected chi connectivity index (χ2v) is 6.95. The van der Waals surface area contributed by atoms with E-state index in [4.69, 9.17) is 14.5 Å². The molecule has 1 N–H and O–H groups in total. The summed E-state index contributed by atoms with van der Waals surface area (Å²) < 4.78 is 24.5. The van der Waals surface area contributed by atoms with Crippen molar-refractivity contribution in [1.29, 1.82) is 0 Å². The summed E-state index contributed by atoms with van der Waals surface area (Å²) in [6.07, 6.45) is 4.94. The van der Waals surface area contributed by atoms with Crippen LogP contribution < -0.4 is 10.1 Å². The molecule has 3 aliphatic rings. The summed E-state index contributed by atoms with van der Waals surface area (Å²) >= 11 is 1.64. The number of hydrogen-bond acceptors (Lipinski definition) is 5. The summed E-state index contributed by atoms with van der Waals surface area (Å²) in [5, 5.41) is 4.50. The molecule has 1 saturated carbocycles. The van der Waals surface area contributed by atoms with Gasteiger partial charge < -0.3 is 14.8 Å². The van der Waals surface area contributed by atoms with Crippen LogP contribution in [0.5, 0.6) is 5.75 Å². The van der Waals surface area contributed by atoms with Gasteiger partial charge in [0.05, 0.1) is 18.7 Å². The fraction of sp³-hybridized carbons (Fsp3) is 0.562. The van der Waals surface area contributed by atoms with Gasteiger partial charge in [0, 0.05) is 16.9 Å². The van der Waals surface area contributed by atoms with Crippen LogP contribution in [0.3, 0.4) is 0 Å². The van der Waals surface area contributed by atoms with E-state index >= 15 is 0 Å². The number of aliphatic imine (C=N–C) groups is 1. The number of ether oxygens (including phenoxy) is 2. The second-order valence-electron chi connectivity index (χ2n) is 5.99. The van der Waals surface area contributed by atoms with Crippen LogP contribution in [0.4, 0.5) is 4.39 Å². The Morgan fingerprint density at radius 3 is 3.14 bits per heavy atom. The predicted octanol–water partition coefficient (Wildman–Crippen LogP) is 3.20. The number of benzene rings is 1. The van der Waals surface area contributed by atoms with Gasteiger partial charge in [-0.2, -0.15) is 0 Å². The normalized spacial score (nSPS) is 26.5. The van der Waals surface area contributed by atoms with Crippen molar-refractivity contribution in [2.45, 2.75) is 50.1 Å². The van der Waals surface area contributed by atoms with Gasteiger partial charge in [-0.15, -0.1) is 0 Å². The molecule has 2 aliphatic heterocycles. The highest BCUT2D eigenvalue weighted by atomic mass is 32.2. The van der Waals surface area contributed by atoms with Gasteiger partial charge in [-0.3, -0.25) is 4.99 Å². The minimum atomic E-state index is -0.238. The van der Waals surface area contributed by atoms with Crippen molar-refractivity contribution >= 4 is 16.9 Å². The largest absolute Gasteiger partial charge is 0.467 e. The van der Waals surface area contributed by atoms with Crippen molar-refractivity contribution in [1.82, 2.24) is 5.32 Å². The first-order valence-electron chi connectivity index (χ1n) is 7.78. The van der Waals surface area contributed by atoms with E-state index < -0.39 is 0 Å². The first-order valence-corrected chi connectivity index (χ1v) is 8.77. The second kappa shape index (κ2) is 6.08. The zero-order valence-electron chi connectivity index (χ0n) is 12.3. The molecule has 2 atom stereocenters. The van der Waals surface area contributed by atoms with E-state index in [0.717, 1.165) is 22.0 Å². The Labute approximate surface area is 133 Å². The first-order chi connectivity index (χ1) is 10.8. The van der Waals surface area contributed by atoms with Crippen molar-refractivity contribution in [3.8, 4) is 5.75 Å². The monoisotopic (exact) mass is 322 g/mol. The first kappa shape index (κ1) is 14.3. The van der Waals surface area contributed by atoms with Crippen LogP contribution in [0.2, 0.25) is 0 Å². The lowest BCUT2D eigenvalue weighted by molar-refractivity contribution is -0.0171. The number of thioether (sulfide) groups is 1. The Hall–Kier alpha value is -1.27. The maximum atomic E-state index is 13.7. The van der Waals surface area contributed by atoms with E-state index in [1.807, 2.05) is 0 Å². The molecule has 0 saturated heterocycles. The third-order valence-electron chi connectivity index (χ3n) is 4.44. The minimum absolute atomic E-state index is 0.236. The Bertz CT molecular complexity index is 608. The summed E-state index contributed by atoms with van der Waals surface area (Å²) in [5.41, 5.74) is 1.67. The summed E-state index contributed by atoms with van der Waals surface area (Å²) in [6, 6.07) is 3.98. The quantitative estimate of drug-likeness (QED) is 0.908. The molecule has 0 bridgehead atoms. The molecule has 1 aromatic carbocycles. The van der Waals surface area contributed by atoms with Gasteiger partial charge in [0.2, 0.25) is 0 Å². The lowest BCUT2D eigenvalue weighted by Gasteiger charge is -2.23. The van der Waals surface area contributed by atoms with Crippen LogP contribution in [0.25, 0.3) is 0 Å². The highest BCUT2D eigenvalue weighted by molar-refractivity contribution is 8.13. The summed E-state index contributed by atoms with van der Waals surface area (Å²) in [6.45, 7) is 0.647. The van der Waals surface area contributed by atoms with Gasteiger partial charge in [-0.05, 0) is 25.0 Å².